The van der Waals surface area contributed by atoms with Crippen molar-refractivity contribution in [3.05, 3.63) is 95.5 Å². The summed E-state index contributed by atoms with van der Waals surface area (Å²) in [5.74, 6) is -0.179. The second kappa shape index (κ2) is 8.72. The molecule has 0 N–H and O–H groups in total. The summed E-state index contributed by atoms with van der Waals surface area (Å²) in [7, 11) is 3.37. The molecule has 1 amide bonds. The molecule has 2 aromatic heterocycles. The minimum absolute atomic E-state index is 0.179. The fourth-order valence-corrected chi connectivity index (χ4v) is 5.44. The van der Waals surface area contributed by atoms with Crippen LogP contribution >= 0.6 is 11.3 Å². The fraction of sp³-hybridized carbons (Fsp3) is 0.296. The van der Waals surface area contributed by atoms with E-state index in [0.717, 1.165) is 27.8 Å². The highest BCUT2D eigenvalue weighted by Crippen LogP contribution is 2.30. The first-order valence-electron chi connectivity index (χ1n) is 11.2. The van der Waals surface area contributed by atoms with Crippen molar-refractivity contribution in [3.63, 3.8) is 0 Å². The SMILES string of the molecule is Cc1ccc(C)c(Cn2c(=O)n(-c3ccc(C)c(C)c3)c(=O)c3c(C)c(C(=O)N(C)C)sc32)c1. The van der Waals surface area contributed by atoms with Crippen molar-refractivity contribution >= 4 is 27.5 Å². The molecule has 4 rings (SSSR count). The van der Waals surface area contributed by atoms with Crippen LogP contribution in [0.3, 0.4) is 0 Å². The Labute approximate surface area is 202 Å². The van der Waals surface area contributed by atoms with E-state index in [0.29, 0.717) is 32.9 Å². The maximum Gasteiger partial charge on any atom is 0.337 e. The number of aromatic nitrogens is 2. The molecule has 0 aliphatic carbocycles. The van der Waals surface area contributed by atoms with Crippen LogP contribution in [0.15, 0.2) is 46.0 Å². The van der Waals surface area contributed by atoms with Crippen LogP contribution in [-0.4, -0.2) is 34.0 Å². The number of aryl methyl sites for hydroxylation is 5. The van der Waals surface area contributed by atoms with E-state index in [1.54, 1.807) is 31.7 Å². The largest absolute Gasteiger partial charge is 0.344 e. The molecule has 0 fully saturated rings. The van der Waals surface area contributed by atoms with E-state index < -0.39 is 11.2 Å². The van der Waals surface area contributed by atoms with Crippen LogP contribution in [0.1, 0.15) is 43.1 Å². The number of fused-ring (bicyclic) bond motifs is 1. The first kappa shape index (κ1) is 23.7. The predicted molar refractivity (Wildman–Crippen MR) is 139 cm³/mol. The second-order valence-corrected chi connectivity index (χ2v) is 10.1. The van der Waals surface area contributed by atoms with Crippen LogP contribution in [0.2, 0.25) is 0 Å². The molecule has 176 valence electrons. The quantitative estimate of drug-likeness (QED) is 0.436. The lowest BCUT2D eigenvalue weighted by Gasteiger charge is -2.15. The third-order valence-corrected chi connectivity index (χ3v) is 7.70. The van der Waals surface area contributed by atoms with Gasteiger partial charge in [0.15, 0.2) is 0 Å². The molecule has 2 heterocycles. The van der Waals surface area contributed by atoms with E-state index in [1.807, 2.05) is 52.0 Å². The summed E-state index contributed by atoms with van der Waals surface area (Å²) in [6.07, 6.45) is 0. The first-order valence-corrected chi connectivity index (χ1v) is 12.0. The molecular formula is C27H29N3O3S. The van der Waals surface area contributed by atoms with Gasteiger partial charge >= 0.3 is 5.69 Å². The zero-order chi connectivity index (χ0) is 24.9. The molecule has 0 spiro atoms. The minimum Gasteiger partial charge on any atom is -0.344 e. The van der Waals surface area contributed by atoms with Gasteiger partial charge in [0.1, 0.15) is 4.83 Å². The molecule has 7 heteroatoms. The van der Waals surface area contributed by atoms with Crippen LogP contribution in [0.4, 0.5) is 0 Å². The lowest BCUT2D eigenvalue weighted by Crippen LogP contribution is -2.39. The Balaban J connectivity index is 2.11. The number of rotatable bonds is 4. The number of hydrogen-bond donors (Lipinski definition) is 0. The molecule has 0 bridgehead atoms. The summed E-state index contributed by atoms with van der Waals surface area (Å²) >= 11 is 1.21. The Morgan fingerprint density at radius 2 is 1.59 bits per heavy atom. The predicted octanol–water partition coefficient (Wildman–Crippen LogP) is 4.51. The summed E-state index contributed by atoms with van der Waals surface area (Å²) < 4.78 is 2.88. The summed E-state index contributed by atoms with van der Waals surface area (Å²) in [6.45, 7) is 10.1. The normalized spacial score (nSPS) is 11.3. The van der Waals surface area contributed by atoms with Gasteiger partial charge in [0.25, 0.3) is 11.5 Å². The van der Waals surface area contributed by atoms with Crippen molar-refractivity contribution in [2.75, 3.05) is 14.1 Å². The Kier molecular flexibility index (Phi) is 6.08. The third kappa shape index (κ3) is 3.90. The van der Waals surface area contributed by atoms with Crippen molar-refractivity contribution in [3.8, 4) is 5.69 Å². The van der Waals surface area contributed by atoms with Gasteiger partial charge in [-0.2, -0.15) is 0 Å². The van der Waals surface area contributed by atoms with E-state index in [9.17, 15) is 14.4 Å². The van der Waals surface area contributed by atoms with Crippen molar-refractivity contribution in [2.45, 2.75) is 41.2 Å². The van der Waals surface area contributed by atoms with Crippen LogP contribution < -0.4 is 11.2 Å². The van der Waals surface area contributed by atoms with Gasteiger partial charge in [-0.25, -0.2) is 9.36 Å². The monoisotopic (exact) mass is 475 g/mol. The van der Waals surface area contributed by atoms with Gasteiger partial charge in [-0.3, -0.25) is 14.2 Å². The third-order valence-electron chi connectivity index (χ3n) is 6.39. The number of hydrogen-bond acceptors (Lipinski definition) is 4. The fourth-order valence-electron chi connectivity index (χ4n) is 4.13. The molecule has 4 aromatic rings. The topological polar surface area (TPSA) is 64.3 Å². The van der Waals surface area contributed by atoms with Crippen LogP contribution in [0, 0.1) is 34.6 Å². The molecular weight excluding hydrogens is 446 g/mol. The Bertz CT molecular complexity index is 1570. The van der Waals surface area contributed by atoms with Crippen LogP contribution in [0.5, 0.6) is 0 Å². The van der Waals surface area contributed by atoms with Crippen LogP contribution in [0.25, 0.3) is 15.9 Å². The van der Waals surface area contributed by atoms with Crippen molar-refractivity contribution < 1.29 is 4.79 Å². The van der Waals surface area contributed by atoms with Gasteiger partial charge in [-0.05, 0) is 74.6 Å². The summed E-state index contributed by atoms with van der Waals surface area (Å²) in [6, 6.07) is 11.7. The zero-order valence-electron chi connectivity index (χ0n) is 20.6. The highest BCUT2D eigenvalue weighted by Gasteiger charge is 2.25. The average molecular weight is 476 g/mol. The lowest BCUT2D eigenvalue weighted by molar-refractivity contribution is 0.0831. The maximum atomic E-state index is 13.9. The van der Waals surface area contributed by atoms with Crippen molar-refractivity contribution in [1.29, 1.82) is 0 Å². The molecule has 0 aliphatic heterocycles. The molecule has 0 unspecified atom stereocenters. The Morgan fingerprint density at radius 1 is 0.912 bits per heavy atom. The molecule has 2 aromatic carbocycles. The smallest absolute Gasteiger partial charge is 0.337 e. The molecule has 0 aliphatic rings. The summed E-state index contributed by atoms with van der Waals surface area (Å²) in [5, 5.41) is 0.415. The number of carbonyl (C=O) groups excluding carboxylic acids is 1. The van der Waals surface area contributed by atoms with Crippen molar-refractivity contribution in [1.82, 2.24) is 14.0 Å². The maximum absolute atomic E-state index is 13.9. The van der Waals surface area contributed by atoms with Crippen molar-refractivity contribution in [2.24, 2.45) is 0 Å². The van der Waals surface area contributed by atoms with Crippen LogP contribution in [-0.2, 0) is 6.54 Å². The molecule has 0 radical (unpaired) electrons. The van der Waals surface area contributed by atoms with E-state index in [1.165, 1.54) is 20.8 Å². The number of benzene rings is 2. The highest BCUT2D eigenvalue weighted by molar-refractivity contribution is 7.20. The average Bonchev–Trinajstić information content (AvgIpc) is 3.12. The van der Waals surface area contributed by atoms with E-state index >= 15 is 0 Å². The summed E-state index contributed by atoms with van der Waals surface area (Å²) in [5.41, 5.74) is 5.57. The zero-order valence-corrected chi connectivity index (χ0v) is 21.5. The Morgan fingerprint density at radius 3 is 2.24 bits per heavy atom. The molecule has 34 heavy (non-hydrogen) atoms. The van der Waals surface area contributed by atoms with Gasteiger partial charge < -0.3 is 4.90 Å². The summed E-state index contributed by atoms with van der Waals surface area (Å²) in [4.78, 5) is 43.0. The van der Waals surface area contributed by atoms with Gasteiger partial charge in [0, 0.05) is 14.1 Å². The number of carbonyl (C=O) groups is 1. The second-order valence-electron chi connectivity index (χ2n) is 9.14. The van der Waals surface area contributed by atoms with E-state index in [4.69, 9.17) is 0 Å². The number of nitrogens with zero attached hydrogens (tertiary/aromatic N) is 3. The van der Waals surface area contributed by atoms with E-state index in [2.05, 4.69) is 6.07 Å². The molecule has 6 nitrogen and oxygen atoms in total. The van der Waals surface area contributed by atoms with Gasteiger partial charge in [-0.15, -0.1) is 11.3 Å². The van der Waals surface area contributed by atoms with Gasteiger partial charge in [0.05, 0.1) is 22.5 Å². The van der Waals surface area contributed by atoms with Gasteiger partial charge in [0.2, 0.25) is 0 Å². The molecule has 0 saturated heterocycles. The highest BCUT2D eigenvalue weighted by atomic mass is 32.1. The van der Waals surface area contributed by atoms with E-state index in [-0.39, 0.29) is 5.91 Å². The first-order chi connectivity index (χ1) is 16.0. The molecule has 0 atom stereocenters. The van der Waals surface area contributed by atoms with Gasteiger partial charge in [-0.1, -0.05) is 29.8 Å². The number of thiophene rings is 1. The lowest BCUT2D eigenvalue weighted by atomic mass is 10.1. The molecule has 0 saturated carbocycles. The minimum atomic E-state index is -0.410. The standard InChI is InChI=1S/C27H29N3O3S/c1-15-8-9-17(3)20(12-15)14-29-26-22(19(5)23(34-26)25(32)28(6)7)24(31)30(27(29)33)21-11-10-16(2)18(4)13-21/h8-13H,14H2,1-7H3. The Hall–Kier alpha value is -3.45. The number of amides is 1.